The number of anilines is 1. The van der Waals surface area contributed by atoms with Crippen LogP contribution >= 0.6 is 0 Å². The summed E-state index contributed by atoms with van der Waals surface area (Å²) < 4.78 is 2.22. The summed E-state index contributed by atoms with van der Waals surface area (Å²) in [5, 5.41) is 4.74. The smallest absolute Gasteiger partial charge is 0.249 e. The molecule has 0 saturated heterocycles. The van der Waals surface area contributed by atoms with Gasteiger partial charge in [-0.05, 0) is 47.4 Å². The number of benzene rings is 3. The van der Waals surface area contributed by atoms with Gasteiger partial charge in [0, 0.05) is 41.0 Å². The number of nitrogens with one attached hydrogen (secondary N) is 1. The van der Waals surface area contributed by atoms with Crippen LogP contribution in [0.3, 0.4) is 0 Å². The highest BCUT2D eigenvalue weighted by molar-refractivity contribution is 6.18. The van der Waals surface area contributed by atoms with Gasteiger partial charge in [-0.3, -0.25) is 9.59 Å². The second-order valence-corrected chi connectivity index (χ2v) is 7.96. The zero-order chi connectivity index (χ0) is 21.4. The standard InChI is InChI=1S/C25H25N3O2/c1-15(2)18-10-11-20-23(13-18)28(22-9-5-8-21(24(20)22)25(26)30)14-17-6-4-7-19(12-17)27-16(3)29/h4-13,15H,14H2,1-3H3,(H2,26,30)(H,27,29). The minimum absolute atomic E-state index is 0.100. The van der Waals surface area contributed by atoms with Gasteiger partial charge < -0.3 is 15.6 Å². The number of amides is 2. The Morgan fingerprint density at radius 3 is 2.47 bits per heavy atom. The zero-order valence-corrected chi connectivity index (χ0v) is 17.4. The average Bonchev–Trinajstić information content (AvgIpc) is 3.01. The molecule has 0 atom stereocenters. The zero-order valence-electron chi connectivity index (χ0n) is 17.4. The molecule has 5 nitrogen and oxygen atoms in total. The van der Waals surface area contributed by atoms with Gasteiger partial charge in [0.2, 0.25) is 11.8 Å². The Balaban J connectivity index is 1.95. The van der Waals surface area contributed by atoms with Gasteiger partial charge in [-0.1, -0.05) is 44.2 Å². The lowest BCUT2D eigenvalue weighted by Gasteiger charge is -2.11. The molecule has 0 aliphatic heterocycles. The summed E-state index contributed by atoms with van der Waals surface area (Å²) in [5.41, 5.74) is 11.3. The van der Waals surface area contributed by atoms with Gasteiger partial charge in [0.25, 0.3) is 0 Å². The Morgan fingerprint density at radius 1 is 1.00 bits per heavy atom. The number of hydrogen-bond donors (Lipinski definition) is 2. The number of nitrogens with zero attached hydrogens (tertiary/aromatic N) is 1. The number of hydrogen-bond acceptors (Lipinski definition) is 2. The van der Waals surface area contributed by atoms with Gasteiger partial charge in [0.05, 0.1) is 5.52 Å². The number of carbonyl (C=O) groups excluding carboxylic acids is 2. The van der Waals surface area contributed by atoms with Crippen LogP contribution in [0.5, 0.6) is 0 Å². The Hall–Kier alpha value is -3.60. The van der Waals surface area contributed by atoms with Gasteiger partial charge in [-0.15, -0.1) is 0 Å². The average molecular weight is 399 g/mol. The first-order chi connectivity index (χ1) is 14.3. The van der Waals surface area contributed by atoms with Gasteiger partial charge >= 0.3 is 0 Å². The molecule has 5 heteroatoms. The minimum atomic E-state index is -0.430. The van der Waals surface area contributed by atoms with Crippen LogP contribution in [-0.2, 0) is 11.3 Å². The summed E-state index contributed by atoms with van der Waals surface area (Å²) in [6.45, 7) is 6.44. The van der Waals surface area contributed by atoms with Crippen LogP contribution in [0.25, 0.3) is 21.8 Å². The molecule has 4 rings (SSSR count). The number of nitrogens with two attached hydrogens (primary N) is 1. The third-order valence-corrected chi connectivity index (χ3v) is 5.44. The maximum Gasteiger partial charge on any atom is 0.249 e. The summed E-state index contributed by atoms with van der Waals surface area (Å²) in [4.78, 5) is 23.6. The molecule has 0 radical (unpaired) electrons. The summed E-state index contributed by atoms with van der Waals surface area (Å²) in [7, 11) is 0. The molecule has 152 valence electrons. The quantitative estimate of drug-likeness (QED) is 0.494. The highest BCUT2D eigenvalue weighted by Crippen LogP contribution is 2.34. The molecule has 1 heterocycles. The molecule has 4 aromatic rings. The van der Waals surface area contributed by atoms with Crippen molar-refractivity contribution >= 4 is 39.3 Å². The number of carbonyl (C=O) groups is 2. The molecule has 30 heavy (non-hydrogen) atoms. The summed E-state index contributed by atoms with van der Waals surface area (Å²) >= 11 is 0. The van der Waals surface area contributed by atoms with E-state index in [1.54, 1.807) is 6.07 Å². The SMILES string of the molecule is CC(=O)Nc1cccc(Cn2c3cc(C(C)C)ccc3c3c(C(N)=O)cccc32)c1. The van der Waals surface area contributed by atoms with E-state index in [0.717, 1.165) is 33.1 Å². The van der Waals surface area contributed by atoms with Crippen LogP contribution in [0.4, 0.5) is 5.69 Å². The number of primary amides is 1. The van der Waals surface area contributed by atoms with E-state index in [9.17, 15) is 9.59 Å². The van der Waals surface area contributed by atoms with Gasteiger partial charge in [0.1, 0.15) is 0 Å². The topological polar surface area (TPSA) is 77.1 Å². The third kappa shape index (κ3) is 3.54. The van der Waals surface area contributed by atoms with Crippen molar-refractivity contribution in [2.24, 2.45) is 5.73 Å². The van der Waals surface area contributed by atoms with Crippen LogP contribution in [0.1, 0.15) is 48.2 Å². The molecule has 3 aromatic carbocycles. The van der Waals surface area contributed by atoms with E-state index >= 15 is 0 Å². The Labute approximate surface area is 175 Å². The van der Waals surface area contributed by atoms with Crippen LogP contribution < -0.4 is 11.1 Å². The van der Waals surface area contributed by atoms with E-state index in [0.29, 0.717) is 18.0 Å². The largest absolute Gasteiger partial charge is 0.366 e. The molecule has 0 saturated carbocycles. The number of fused-ring (bicyclic) bond motifs is 3. The van der Waals surface area contributed by atoms with E-state index in [-0.39, 0.29) is 5.91 Å². The van der Waals surface area contributed by atoms with Crippen molar-refractivity contribution in [1.82, 2.24) is 4.57 Å². The van der Waals surface area contributed by atoms with Gasteiger partial charge in [0.15, 0.2) is 0 Å². The lowest BCUT2D eigenvalue weighted by Crippen LogP contribution is -2.11. The van der Waals surface area contributed by atoms with Crippen molar-refractivity contribution in [2.45, 2.75) is 33.2 Å². The maximum absolute atomic E-state index is 12.1. The molecule has 0 bridgehead atoms. The summed E-state index contributed by atoms with van der Waals surface area (Å²) in [6, 6.07) is 19.9. The summed E-state index contributed by atoms with van der Waals surface area (Å²) in [5.74, 6) is -0.142. The van der Waals surface area contributed by atoms with Crippen molar-refractivity contribution in [3.63, 3.8) is 0 Å². The molecule has 1 aromatic heterocycles. The van der Waals surface area contributed by atoms with E-state index in [2.05, 4.69) is 41.9 Å². The molecule has 0 spiro atoms. The molecular weight excluding hydrogens is 374 g/mol. The molecule has 0 aliphatic rings. The van der Waals surface area contributed by atoms with E-state index in [4.69, 9.17) is 5.73 Å². The Kier molecular flexibility index (Phi) is 5.04. The van der Waals surface area contributed by atoms with E-state index < -0.39 is 5.91 Å². The normalized spacial score (nSPS) is 11.3. The first-order valence-corrected chi connectivity index (χ1v) is 10.1. The van der Waals surface area contributed by atoms with Gasteiger partial charge in [-0.2, -0.15) is 0 Å². The van der Waals surface area contributed by atoms with Crippen molar-refractivity contribution in [3.8, 4) is 0 Å². The maximum atomic E-state index is 12.1. The number of rotatable bonds is 5. The monoisotopic (exact) mass is 399 g/mol. The van der Waals surface area contributed by atoms with Crippen LogP contribution in [-0.4, -0.2) is 16.4 Å². The first kappa shape index (κ1) is 19.7. The molecule has 3 N–H and O–H groups in total. The van der Waals surface area contributed by atoms with Crippen molar-refractivity contribution in [1.29, 1.82) is 0 Å². The first-order valence-electron chi connectivity index (χ1n) is 10.1. The lowest BCUT2D eigenvalue weighted by atomic mass is 10.00. The van der Waals surface area contributed by atoms with Crippen LogP contribution in [0.15, 0.2) is 60.7 Å². The second-order valence-electron chi connectivity index (χ2n) is 7.96. The van der Waals surface area contributed by atoms with Crippen molar-refractivity contribution in [2.75, 3.05) is 5.32 Å². The van der Waals surface area contributed by atoms with E-state index in [1.165, 1.54) is 12.5 Å². The summed E-state index contributed by atoms with van der Waals surface area (Å²) in [6.07, 6.45) is 0. The molecule has 0 aliphatic carbocycles. The molecule has 0 fully saturated rings. The fourth-order valence-electron chi connectivity index (χ4n) is 4.03. The Bertz CT molecular complexity index is 1280. The second kappa shape index (κ2) is 7.67. The van der Waals surface area contributed by atoms with Crippen LogP contribution in [0, 0.1) is 0 Å². The highest BCUT2D eigenvalue weighted by Gasteiger charge is 2.17. The minimum Gasteiger partial charge on any atom is -0.366 e. The van der Waals surface area contributed by atoms with E-state index in [1.807, 2.05) is 36.4 Å². The fourth-order valence-corrected chi connectivity index (χ4v) is 4.03. The number of aromatic nitrogens is 1. The predicted molar refractivity (Wildman–Crippen MR) is 122 cm³/mol. The predicted octanol–water partition coefficient (Wildman–Crippen LogP) is 5.02. The lowest BCUT2D eigenvalue weighted by molar-refractivity contribution is -0.114. The van der Waals surface area contributed by atoms with Gasteiger partial charge in [-0.25, -0.2) is 0 Å². The van der Waals surface area contributed by atoms with Crippen molar-refractivity contribution < 1.29 is 9.59 Å². The highest BCUT2D eigenvalue weighted by atomic mass is 16.1. The molecule has 2 amide bonds. The Morgan fingerprint density at radius 2 is 1.77 bits per heavy atom. The van der Waals surface area contributed by atoms with Crippen LogP contribution in [0.2, 0.25) is 0 Å². The van der Waals surface area contributed by atoms with Crippen molar-refractivity contribution in [3.05, 3.63) is 77.4 Å². The molecular formula is C25H25N3O2. The fraction of sp³-hybridized carbons (Fsp3) is 0.200. The third-order valence-electron chi connectivity index (χ3n) is 5.44. The molecule has 0 unspecified atom stereocenters.